The van der Waals surface area contributed by atoms with E-state index in [9.17, 15) is 9.32 Å². The topological polar surface area (TPSA) is 68.7 Å². The second kappa shape index (κ2) is 7.60. The van der Waals surface area contributed by atoms with Crippen molar-refractivity contribution in [3.63, 3.8) is 0 Å². The smallest absolute Gasteiger partial charge is 0.0747 e. The predicted molar refractivity (Wildman–Crippen MR) is 116 cm³/mol. The van der Waals surface area contributed by atoms with Gasteiger partial charge >= 0.3 is 0 Å². The lowest BCUT2D eigenvalue weighted by molar-refractivity contribution is 0.184. The average molecular weight is 398 g/mol. The highest BCUT2D eigenvalue weighted by Crippen LogP contribution is 2.33. The van der Waals surface area contributed by atoms with Crippen LogP contribution < -0.4 is 0 Å². The van der Waals surface area contributed by atoms with Crippen LogP contribution in [0.3, 0.4) is 0 Å². The maximum atomic E-state index is 13.1. The molecule has 5 nitrogen and oxygen atoms in total. The van der Waals surface area contributed by atoms with Gasteiger partial charge in [0.05, 0.1) is 15.8 Å². The van der Waals surface area contributed by atoms with Crippen molar-refractivity contribution in [2.45, 2.75) is 25.9 Å². The molecule has 1 fully saturated rings. The molecule has 0 radical (unpaired) electrons. The average Bonchev–Trinajstić information content (AvgIpc) is 3.41. The zero-order chi connectivity index (χ0) is 19.7. The van der Waals surface area contributed by atoms with Crippen LogP contribution in [0.1, 0.15) is 25.5 Å². The van der Waals surface area contributed by atoms with Crippen molar-refractivity contribution in [3.8, 4) is 0 Å². The molecule has 2 aliphatic rings. The molecule has 4 rings (SSSR count). The Morgan fingerprint density at radius 1 is 1.43 bits per heavy atom. The first kappa shape index (κ1) is 19.0. The summed E-state index contributed by atoms with van der Waals surface area (Å²) in [6.45, 7) is 8.17. The summed E-state index contributed by atoms with van der Waals surface area (Å²) in [6.07, 6.45) is 5.28. The molecule has 2 aliphatic heterocycles. The fraction of sp³-hybridized carbons (Fsp3) is 0.364. The van der Waals surface area contributed by atoms with Crippen molar-refractivity contribution in [2.24, 2.45) is 4.36 Å². The van der Waals surface area contributed by atoms with Gasteiger partial charge in [-0.15, -0.1) is 0 Å². The number of allylic oxidation sites excluding steroid dienone is 3. The number of aliphatic hydroxyl groups is 1. The number of nitrogens with one attached hydrogen (secondary N) is 1. The molecule has 2 N–H and O–H groups in total. The molecule has 0 unspecified atom stereocenters. The zero-order valence-electron chi connectivity index (χ0n) is 16.2. The zero-order valence-corrected chi connectivity index (χ0v) is 17.0. The minimum Gasteiger partial charge on any atom is -0.391 e. The third-order valence-electron chi connectivity index (χ3n) is 5.47. The van der Waals surface area contributed by atoms with E-state index in [-0.39, 0.29) is 6.10 Å². The number of β-amino-alcohol motifs (C(OH)–C–C–N with tert-alkyl or cyclic N) is 1. The van der Waals surface area contributed by atoms with E-state index >= 15 is 0 Å². The number of para-hydroxylation sites is 1. The Kier molecular flexibility index (Phi) is 5.17. The molecule has 1 saturated heterocycles. The van der Waals surface area contributed by atoms with Crippen LogP contribution in [0.4, 0.5) is 0 Å². The first-order valence-electron chi connectivity index (χ1n) is 9.79. The molecule has 0 bridgehead atoms. The van der Waals surface area contributed by atoms with Crippen LogP contribution in [0.2, 0.25) is 0 Å². The Balaban J connectivity index is 1.81. The van der Waals surface area contributed by atoms with E-state index in [2.05, 4.69) is 39.0 Å². The highest BCUT2D eigenvalue weighted by molar-refractivity contribution is 7.97. The number of aliphatic hydroxyl groups excluding tert-OH is 1. The molecule has 0 saturated carbocycles. The van der Waals surface area contributed by atoms with E-state index < -0.39 is 9.73 Å². The first-order chi connectivity index (χ1) is 13.5. The Labute approximate surface area is 166 Å². The summed E-state index contributed by atoms with van der Waals surface area (Å²) < 4.78 is 17.5. The van der Waals surface area contributed by atoms with Crippen molar-refractivity contribution in [3.05, 3.63) is 65.4 Å². The third-order valence-corrected chi connectivity index (χ3v) is 7.85. The maximum absolute atomic E-state index is 13.1. The summed E-state index contributed by atoms with van der Waals surface area (Å²) in [5.74, 6) is 0.579. The monoisotopic (exact) mass is 397 g/mol. The van der Waals surface area contributed by atoms with E-state index in [1.807, 2.05) is 31.2 Å². The van der Waals surface area contributed by atoms with Crippen LogP contribution in [-0.2, 0) is 9.73 Å². The largest absolute Gasteiger partial charge is 0.391 e. The predicted octanol–water partition coefficient (Wildman–Crippen LogP) is 3.91. The Bertz CT molecular complexity index is 1050. The van der Waals surface area contributed by atoms with Gasteiger partial charge in [0.15, 0.2) is 0 Å². The first-order valence-corrected chi connectivity index (χ1v) is 11.5. The van der Waals surface area contributed by atoms with E-state index in [0.717, 1.165) is 47.3 Å². The third kappa shape index (κ3) is 3.54. The van der Waals surface area contributed by atoms with Gasteiger partial charge < -0.3 is 15.0 Å². The minimum atomic E-state index is -2.40. The van der Waals surface area contributed by atoms with E-state index in [0.29, 0.717) is 23.7 Å². The highest BCUT2D eigenvalue weighted by Gasteiger charge is 2.26. The molecule has 0 aliphatic carbocycles. The Hall–Kier alpha value is -2.31. The van der Waals surface area contributed by atoms with E-state index in [4.69, 9.17) is 0 Å². The second-order valence-electron chi connectivity index (χ2n) is 7.41. The van der Waals surface area contributed by atoms with Crippen LogP contribution in [0, 0.1) is 0 Å². The van der Waals surface area contributed by atoms with Crippen LogP contribution in [-0.4, -0.2) is 50.7 Å². The van der Waals surface area contributed by atoms with Gasteiger partial charge in [-0.2, -0.15) is 0 Å². The van der Waals surface area contributed by atoms with E-state index in [1.165, 1.54) is 0 Å². The number of likely N-dealkylation sites (tertiary alicyclic amines) is 1. The van der Waals surface area contributed by atoms with Gasteiger partial charge in [0.1, 0.15) is 0 Å². The summed E-state index contributed by atoms with van der Waals surface area (Å²) in [5.41, 5.74) is 3.98. The number of aromatic amines is 1. The van der Waals surface area contributed by atoms with Crippen LogP contribution in [0.15, 0.2) is 64.0 Å². The van der Waals surface area contributed by atoms with Crippen molar-refractivity contribution < 1.29 is 9.32 Å². The summed E-state index contributed by atoms with van der Waals surface area (Å²) in [4.78, 5) is 6.26. The van der Waals surface area contributed by atoms with Crippen molar-refractivity contribution in [1.29, 1.82) is 0 Å². The number of hydrogen-bond donors (Lipinski definition) is 2. The van der Waals surface area contributed by atoms with Gasteiger partial charge in [-0.1, -0.05) is 30.9 Å². The van der Waals surface area contributed by atoms with E-state index in [1.54, 1.807) is 0 Å². The molecule has 3 heterocycles. The molecule has 1 aromatic carbocycles. The fourth-order valence-electron chi connectivity index (χ4n) is 3.98. The molecule has 2 atom stereocenters. The molecule has 1 aromatic heterocycles. The van der Waals surface area contributed by atoms with Gasteiger partial charge in [-0.25, -0.2) is 8.57 Å². The molecule has 0 spiro atoms. The molecule has 148 valence electrons. The molecule has 6 heteroatoms. The normalized spacial score (nSPS) is 26.1. The summed E-state index contributed by atoms with van der Waals surface area (Å²) in [6, 6.07) is 10.3. The van der Waals surface area contributed by atoms with Crippen molar-refractivity contribution >= 4 is 26.2 Å². The van der Waals surface area contributed by atoms with Crippen LogP contribution in [0.25, 0.3) is 16.5 Å². The quantitative estimate of drug-likeness (QED) is 0.752. The molecule has 0 amide bonds. The number of aromatic nitrogens is 1. The summed E-state index contributed by atoms with van der Waals surface area (Å²) >= 11 is 0. The summed E-state index contributed by atoms with van der Waals surface area (Å²) in [5, 5.41) is 11.2. The summed E-state index contributed by atoms with van der Waals surface area (Å²) in [7, 11) is -2.40. The number of hydrogen-bond acceptors (Lipinski definition) is 4. The number of fused-ring (bicyclic) bond motifs is 1. The Morgan fingerprint density at radius 3 is 2.89 bits per heavy atom. The van der Waals surface area contributed by atoms with Crippen molar-refractivity contribution in [1.82, 2.24) is 9.88 Å². The highest BCUT2D eigenvalue weighted by atomic mass is 32.2. The minimum absolute atomic E-state index is 0.316. The lowest BCUT2D eigenvalue weighted by atomic mass is 10.1. The standard InChI is InChI=1S/C22H27N3O2S/c1-3-22(25-11-9-18(26)15-25)19(13-16(2)28(27)12-6-10-23-28)21-14-17-7-4-5-8-20(17)24-21/h3-5,7-8,13-14,18,24,26H,2,6,9-12,15H2,1H3/b19-13-,22-3+/t18-,28-/m0/s1. The second-order valence-corrected chi connectivity index (χ2v) is 9.88. The lowest BCUT2D eigenvalue weighted by Gasteiger charge is -2.24. The maximum Gasteiger partial charge on any atom is 0.0747 e. The van der Waals surface area contributed by atoms with Gasteiger partial charge in [0, 0.05) is 58.2 Å². The number of nitrogens with zero attached hydrogens (tertiary/aromatic N) is 2. The molecule has 28 heavy (non-hydrogen) atoms. The number of rotatable bonds is 5. The van der Waals surface area contributed by atoms with Gasteiger partial charge in [-0.3, -0.25) is 0 Å². The number of benzene rings is 1. The fourth-order valence-corrected chi connectivity index (χ4v) is 5.78. The SMILES string of the molecule is C=C(/C=C(\C(=C/C)N1CC[C@H](O)C1)c1cc2ccccc2[nH]1)[S@]1(=O)=NCCC1. The van der Waals surface area contributed by atoms with Crippen molar-refractivity contribution in [2.75, 3.05) is 25.4 Å². The Morgan fingerprint density at radius 2 is 2.25 bits per heavy atom. The van der Waals surface area contributed by atoms with Crippen LogP contribution in [0.5, 0.6) is 0 Å². The molecule has 2 aromatic rings. The van der Waals surface area contributed by atoms with Crippen LogP contribution >= 0.6 is 0 Å². The molecular formula is C22H27N3O2S. The number of H-pyrrole nitrogens is 1. The van der Waals surface area contributed by atoms with Gasteiger partial charge in [-0.05, 0) is 38.0 Å². The van der Waals surface area contributed by atoms with Gasteiger partial charge in [0.2, 0.25) is 0 Å². The molecular weight excluding hydrogens is 370 g/mol. The lowest BCUT2D eigenvalue weighted by Crippen LogP contribution is -2.22. The van der Waals surface area contributed by atoms with Gasteiger partial charge in [0.25, 0.3) is 0 Å².